The maximum Gasteiger partial charge on any atom is 0.195 e. The Bertz CT molecular complexity index is 732. The summed E-state index contributed by atoms with van der Waals surface area (Å²) < 4.78 is 18.2. The molecule has 0 amide bonds. The van der Waals surface area contributed by atoms with E-state index in [2.05, 4.69) is 22.7 Å². The molecule has 1 heterocycles. The van der Waals surface area contributed by atoms with Crippen LogP contribution < -0.4 is 15.4 Å². The van der Waals surface area contributed by atoms with Crippen LogP contribution in [0.3, 0.4) is 0 Å². The highest BCUT2D eigenvalue weighted by Gasteiger charge is 2.06. The molecular weight excluding hydrogens is 394 g/mol. The van der Waals surface area contributed by atoms with Gasteiger partial charge < -0.3 is 24.8 Å². The van der Waals surface area contributed by atoms with E-state index in [1.165, 1.54) is 0 Å². The summed E-state index contributed by atoms with van der Waals surface area (Å²) in [7, 11) is 1.67. The van der Waals surface area contributed by atoms with Gasteiger partial charge in [-0.05, 0) is 56.5 Å². The van der Waals surface area contributed by atoms with Gasteiger partial charge in [0, 0.05) is 51.4 Å². The van der Waals surface area contributed by atoms with Gasteiger partial charge in [0.1, 0.15) is 5.75 Å². The van der Waals surface area contributed by atoms with E-state index in [0.717, 1.165) is 36.9 Å². The molecule has 172 valence electrons. The van der Waals surface area contributed by atoms with Crippen LogP contribution in [-0.4, -0.2) is 61.9 Å². The van der Waals surface area contributed by atoms with Crippen molar-refractivity contribution in [3.63, 3.8) is 0 Å². The number of aromatic nitrogens is 2. The summed E-state index contributed by atoms with van der Waals surface area (Å²) in [5.41, 5.74) is 0.957. The van der Waals surface area contributed by atoms with Gasteiger partial charge in [-0.1, -0.05) is 6.92 Å². The molecule has 8 nitrogen and oxygen atoms in total. The fourth-order valence-corrected chi connectivity index (χ4v) is 2.82. The molecule has 1 unspecified atom stereocenters. The summed E-state index contributed by atoms with van der Waals surface area (Å²) in [4.78, 5) is 4.78. The third-order valence-electron chi connectivity index (χ3n) is 4.30. The van der Waals surface area contributed by atoms with Crippen LogP contribution in [0.25, 0.3) is 0 Å². The SMILES string of the molecule is COCCOCCCNC(=NCC(C)Cn1cccn1)Nc1ccc(OC(C)C)cc1. The largest absolute Gasteiger partial charge is 0.491 e. The second kappa shape index (κ2) is 14.4. The molecule has 0 aliphatic rings. The number of nitrogens with one attached hydrogen (secondary N) is 2. The summed E-state index contributed by atoms with van der Waals surface area (Å²) >= 11 is 0. The fourth-order valence-electron chi connectivity index (χ4n) is 2.82. The summed E-state index contributed by atoms with van der Waals surface area (Å²) in [6.07, 6.45) is 4.81. The number of aliphatic imine (C=N–C) groups is 1. The topological polar surface area (TPSA) is 81.9 Å². The Kier molecular flexibility index (Phi) is 11.5. The highest BCUT2D eigenvalue weighted by atomic mass is 16.5. The lowest BCUT2D eigenvalue weighted by Gasteiger charge is -2.15. The molecule has 31 heavy (non-hydrogen) atoms. The first-order valence-electron chi connectivity index (χ1n) is 10.9. The van der Waals surface area contributed by atoms with Crippen molar-refractivity contribution in [1.29, 1.82) is 0 Å². The van der Waals surface area contributed by atoms with Crippen molar-refractivity contribution >= 4 is 11.6 Å². The Morgan fingerprint density at radius 1 is 1.13 bits per heavy atom. The molecule has 0 bridgehead atoms. The van der Waals surface area contributed by atoms with Crippen molar-refractivity contribution in [2.75, 3.05) is 45.3 Å². The summed E-state index contributed by atoms with van der Waals surface area (Å²) in [6, 6.07) is 9.85. The molecule has 0 saturated heterocycles. The van der Waals surface area contributed by atoms with Crippen molar-refractivity contribution in [2.45, 2.75) is 39.8 Å². The Morgan fingerprint density at radius 3 is 2.61 bits per heavy atom. The van der Waals surface area contributed by atoms with E-state index < -0.39 is 0 Å². The van der Waals surface area contributed by atoms with Crippen molar-refractivity contribution in [3.05, 3.63) is 42.7 Å². The Hall–Kier alpha value is -2.58. The second-order valence-electron chi connectivity index (χ2n) is 7.72. The van der Waals surface area contributed by atoms with Gasteiger partial charge in [0.05, 0.1) is 19.3 Å². The van der Waals surface area contributed by atoms with Gasteiger partial charge in [-0.15, -0.1) is 0 Å². The van der Waals surface area contributed by atoms with E-state index in [1.54, 1.807) is 13.3 Å². The van der Waals surface area contributed by atoms with Gasteiger partial charge in [-0.2, -0.15) is 5.10 Å². The van der Waals surface area contributed by atoms with Crippen LogP contribution in [0.15, 0.2) is 47.7 Å². The monoisotopic (exact) mass is 431 g/mol. The maximum absolute atomic E-state index is 5.72. The van der Waals surface area contributed by atoms with Gasteiger partial charge in [0.25, 0.3) is 0 Å². The summed E-state index contributed by atoms with van der Waals surface area (Å²) in [6.45, 7) is 10.4. The third-order valence-corrected chi connectivity index (χ3v) is 4.30. The molecule has 0 aliphatic heterocycles. The van der Waals surface area contributed by atoms with Crippen LogP contribution in [0.2, 0.25) is 0 Å². The quantitative estimate of drug-likeness (QED) is 0.271. The average molecular weight is 432 g/mol. The predicted molar refractivity (Wildman–Crippen MR) is 125 cm³/mol. The normalized spacial score (nSPS) is 12.7. The summed E-state index contributed by atoms with van der Waals surface area (Å²) in [5.74, 6) is 1.97. The number of anilines is 1. The van der Waals surface area contributed by atoms with Crippen LogP contribution in [0.1, 0.15) is 27.2 Å². The van der Waals surface area contributed by atoms with E-state index in [1.807, 2.05) is 55.1 Å². The van der Waals surface area contributed by atoms with E-state index in [4.69, 9.17) is 19.2 Å². The van der Waals surface area contributed by atoms with Gasteiger partial charge in [0.2, 0.25) is 0 Å². The zero-order valence-electron chi connectivity index (χ0n) is 19.2. The third kappa shape index (κ3) is 10.8. The summed E-state index contributed by atoms with van der Waals surface area (Å²) in [5, 5.41) is 11.1. The molecule has 2 aromatic rings. The van der Waals surface area contributed by atoms with E-state index in [9.17, 15) is 0 Å². The van der Waals surface area contributed by atoms with Crippen LogP contribution in [0.5, 0.6) is 5.75 Å². The highest BCUT2D eigenvalue weighted by molar-refractivity contribution is 5.93. The van der Waals surface area contributed by atoms with Crippen molar-refractivity contribution in [2.24, 2.45) is 10.9 Å². The van der Waals surface area contributed by atoms with Gasteiger partial charge in [-0.25, -0.2) is 0 Å². The van der Waals surface area contributed by atoms with E-state index >= 15 is 0 Å². The Balaban J connectivity index is 1.89. The van der Waals surface area contributed by atoms with Crippen molar-refractivity contribution < 1.29 is 14.2 Å². The minimum Gasteiger partial charge on any atom is -0.491 e. The lowest BCUT2D eigenvalue weighted by atomic mass is 10.2. The number of hydrogen-bond donors (Lipinski definition) is 2. The lowest BCUT2D eigenvalue weighted by Crippen LogP contribution is -2.33. The van der Waals surface area contributed by atoms with E-state index in [0.29, 0.717) is 32.3 Å². The number of nitrogens with zero attached hydrogens (tertiary/aromatic N) is 3. The molecule has 0 saturated carbocycles. The van der Waals surface area contributed by atoms with Gasteiger partial charge in [-0.3, -0.25) is 9.67 Å². The number of methoxy groups -OCH3 is 1. The molecule has 0 spiro atoms. The molecule has 0 radical (unpaired) electrons. The van der Waals surface area contributed by atoms with Crippen molar-refractivity contribution in [3.8, 4) is 5.75 Å². The molecule has 0 fully saturated rings. The first-order chi connectivity index (χ1) is 15.1. The molecule has 8 heteroatoms. The smallest absolute Gasteiger partial charge is 0.195 e. The molecule has 1 aromatic heterocycles. The fraction of sp³-hybridized carbons (Fsp3) is 0.565. The first-order valence-corrected chi connectivity index (χ1v) is 10.9. The number of hydrogen-bond acceptors (Lipinski definition) is 5. The van der Waals surface area contributed by atoms with Gasteiger partial charge in [0.15, 0.2) is 5.96 Å². The second-order valence-corrected chi connectivity index (χ2v) is 7.72. The Labute approximate surface area is 186 Å². The lowest BCUT2D eigenvalue weighted by molar-refractivity contribution is 0.0699. The number of rotatable bonds is 14. The standard InChI is InChI=1S/C23H37N5O3/c1-19(2)31-22-9-7-21(8-10-22)27-23(24-11-6-14-30-16-15-29-4)25-17-20(3)18-28-13-5-12-26-28/h5,7-10,12-13,19-20H,6,11,14-18H2,1-4H3,(H2,24,25,27). The Morgan fingerprint density at radius 2 is 1.94 bits per heavy atom. The minimum atomic E-state index is 0.153. The number of guanidine groups is 1. The molecule has 1 aromatic carbocycles. The predicted octanol–water partition coefficient (Wildman–Crippen LogP) is 3.42. The number of benzene rings is 1. The van der Waals surface area contributed by atoms with Crippen LogP contribution in [0, 0.1) is 5.92 Å². The van der Waals surface area contributed by atoms with Crippen LogP contribution in [0.4, 0.5) is 5.69 Å². The minimum absolute atomic E-state index is 0.153. The van der Waals surface area contributed by atoms with Gasteiger partial charge >= 0.3 is 0 Å². The molecule has 0 aliphatic carbocycles. The first kappa shape index (κ1) is 24.7. The zero-order chi connectivity index (χ0) is 22.3. The molecular formula is C23H37N5O3. The maximum atomic E-state index is 5.72. The molecule has 1 atom stereocenters. The zero-order valence-corrected chi connectivity index (χ0v) is 19.2. The molecule has 2 N–H and O–H groups in total. The average Bonchev–Trinajstić information content (AvgIpc) is 3.25. The van der Waals surface area contributed by atoms with Crippen LogP contribution in [-0.2, 0) is 16.0 Å². The van der Waals surface area contributed by atoms with Crippen molar-refractivity contribution in [1.82, 2.24) is 15.1 Å². The van der Waals surface area contributed by atoms with Crippen LogP contribution >= 0.6 is 0 Å². The molecule has 2 rings (SSSR count). The van der Waals surface area contributed by atoms with E-state index in [-0.39, 0.29) is 6.10 Å². The number of ether oxygens (including phenoxy) is 3. The highest BCUT2D eigenvalue weighted by Crippen LogP contribution is 2.17.